The van der Waals surface area contributed by atoms with E-state index in [1.165, 1.54) is 0 Å². The van der Waals surface area contributed by atoms with Gasteiger partial charge in [-0.15, -0.1) is 0 Å². The van der Waals surface area contributed by atoms with Gasteiger partial charge >= 0.3 is 5.97 Å². The average Bonchev–Trinajstić information content (AvgIpc) is 2.35. The molecule has 0 radical (unpaired) electrons. The Hall–Kier alpha value is -1.44. The van der Waals surface area contributed by atoms with E-state index in [0.717, 1.165) is 11.1 Å². The van der Waals surface area contributed by atoms with Gasteiger partial charge in [0.05, 0.1) is 12.2 Å². The molecule has 18 heavy (non-hydrogen) atoms. The number of hydrogen-bond acceptors (Lipinski definition) is 4. The Kier molecular flexibility index (Phi) is 5.26. The summed E-state index contributed by atoms with van der Waals surface area (Å²) < 4.78 is 25.2. The van der Waals surface area contributed by atoms with Crippen LogP contribution in [-0.4, -0.2) is 25.2 Å². The molecule has 0 saturated carbocycles. The van der Waals surface area contributed by atoms with E-state index >= 15 is 0 Å². The number of nitrogens with two attached hydrogens (primary N) is 1. The lowest BCUT2D eigenvalue weighted by atomic mass is 10.1. The summed E-state index contributed by atoms with van der Waals surface area (Å²) >= 11 is 0. The number of carbonyl (C=O) groups is 1. The molecule has 0 saturated heterocycles. The molecule has 4 N–H and O–H groups in total. The van der Waals surface area contributed by atoms with Crippen LogP contribution in [0.1, 0.15) is 17.5 Å². The van der Waals surface area contributed by atoms with E-state index in [9.17, 15) is 13.2 Å². The predicted molar refractivity (Wildman–Crippen MR) is 67.2 cm³/mol. The maximum Gasteiger partial charge on any atom is 0.304 e. The molecule has 0 unspecified atom stereocenters. The van der Waals surface area contributed by atoms with E-state index in [2.05, 4.69) is 4.72 Å². The average molecular weight is 272 g/mol. The summed E-state index contributed by atoms with van der Waals surface area (Å²) in [4.78, 5) is 10.3. The van der Waals surface area contributed by atoms with Gasteiger partial charge in [-0.05, 0) is 11.1 Å². The summed E-state index contributed by atoms with van der Waals surface area (Å²) in [6.07, 6.45) is -0.401. The summed E-state index contributed by atoms with van der Waals surface area (Å²) in [5.41, 5.74) is 7.21. The van der Waals surface area contributed by atoms with Gasteiger partial charge in [0, 0.05) is 13.1 Å². The molecule has 0 aliphatic heterocycles. The Morgan fingerprint density at radius 1 is 1.22 bits per heavy atom. The normalized spacial score (nSPS) is 11.4. The Balaban J connectivity index is 2.50. The summed E-state index contributed by atoms with van der Waals surface area (Å²) in [7, 11) is -3.55. The second-order valence-corrected chi connectivity index (χ2v) is 5.73. The third kappa shape index (κ3) is 5.26. The summed E-state index contributed by atoms with van der Waals surface area (Å²) in [5.74, 6) is -1.55. The Labute approximate surface area is 106 Å². The van der Waals surface area contributed by atoms with Gasteiger partial charge < -0.3 is 10.8 Å². The first-order chi connectivity index (χ1) is 8.43. The van der Waals surface area contributed by atoms with Crippen LogP contribution in [0.25, 0.3) is 0 Å². The van der Waals surface area contributed by atoms with E-state index in [0.29, 0.717) is 6.54 Å². The fraction of sp³-hybridized carbons (Fsp3) is 0.364. The molecule has 100 valence electrons. The quantitative estimate of drug-likeness (QED) is 0.649. The number of carboxylic acids is 1. The van der Waals surface area contributed by atoms with Crippen molar-refractivity contribution in [3.63, 3.8) is 0 Å². The van der Waals surface area contributed by atoms with Crippen molar-refractivity contribution in [1.82, 2.24) is 4.72 Å². The largest absolute Gasteiger partial charge is 0.481 e. The minimum absolute atomic E-state index is 0.146. The molecule has 1 aromatic rings. The molecular formula is C11H16N2O4S. The van der Waals surface area contributed by atoms with Crippen LogP contribution < -0.4 is 10.5 Å². The van der Waals surface area contributed by atoms with E-state index < -0.39 is 28.2 Å². The molecule has 0 aliphatic carbocycles. The zero-order chi connectivity index (χ0) is 13.6. The first-order valence-corrected chi connectivity index (χ1v) is 7.05. The lowest BCUT2D eigenvalue weighted by Gasteiger charge is -2.06. The molecule has 0 fully saturated rings. The Morgan fingerprint density at radius 3 is 2.28 bits per heavy atom. The van der Waals surface area contributed by atoms with Gasteiger partial charge in [-0.3, -0.25) is 4.79 Å². The van der Waals surface area contributed by atoms with Crippen LogP contribution in [0.4, 0.5) is 0 Å². The molecule has 1 rings (SSSR count). The van der Waals surface area contributed by atoms with Crippen molar-refractivity contribution in [2.75, 3.05) is 5.75 Å². The highest BCUT2D eigenvalue weighted by Gasteiger charge is 2.12. The van der Waals surface area contributed by atoms with Gasteiger partial charge in [0.25, 0.3) is 0 Å². The van der Waals surface area contributed by atoms with Crippen LogP contribution in [0, 0.1) is 0 Å². The SMILES string of the molecule is NCc1ccc(CNS(=O)(=O)CCC(=O)O)cc1. The van der Waals surface area contributed by atoms with Crippen LogP contribution in [0.5, 0.6) is 0 Å². The van der Waals surface area contributed by atoms with Crippen molar-refractivity contribution in [1.29, 1.82) is 0 Å². The lowest BCUT2D eigenvalue weighted by molar-refractivity contribution is -0.136. The van der Waals surface area contributed by atoms with Crippen molar-refractivity contribution in [3.8, 4) is 0 Å². The lowest BCUT2D eigenvalue weighted by Crippen LogP contribution is -2.27. The third-order valence-electron chi connectivity index (χ3n) is 2.34. The summed E-state index contributed by atoms with van der Waals surface area (Å²) in [6, 6.07) is 7.20. The molecule has 1 aromatic carbocycles. The van der Waals surface area contributed by atoms with Crippen molar-refractivity contribution >= 4 is 16.0 Å². The molecule has 7 heteroatoms. The molecule has 0 spiro atoms. The zero-order valence-corrected chi connectivity index (χ0v) is 10.6. The maximum atomic E-state index is 11.4. The molecule has 0 amide bonds. The minimum atomic E-state index is -3.55. The van der Waals surface area contributed by atoms with Crippen molar-refractivity contribution in [2.24, 2.45) is 5.73 Å². The fourth-order valence-corrected chi connectivity index (χ4v) is 2.25. The van der Waals surface area contributed by atoms with Crippen molar-refractivity contribution < 1.29 is 18.3 Å². The van der Waals surface area contributed by atoms with Crippen LogP contribution >= 0.6 is 0 Å². The fourth-order valence-electron chi connectivity index (χ4n) is 1.28. The van der Waals surface area contributed by atoms with Gasteiger partial charge in [-0.2, -0.15) is 0 Å². The number of hydrogen-bond donors (Lipinski definition) is 3. The van der Waals surface area contributed by atoms with E-state index in [-0.39, 0.29) is 6.54 Å². The third-order valence-corrected chi connectivity index (χ3v) is 3.67. The monoisotopic (exact) mass is 272 g/mol. The van der Waals surface area contributed by atoms with Crippen LogP contribution in [0.15, 0.2) is 24.3 Å². The van der Waals surface area contributed by atoms with Gasteiger partial charge in [-0.25, -0.2) is 13.1 Å². The number of aliphatic carboxylic acids is 1. The van der Waals surface area contributed by atoms with Crippen LogP contribution in [0.2, 0.25) is 0 Å². The Morgan fingerprint density at radius 2 is 1.78 bits per heavy atom. The molecule has 0 bridgehead atoms. The highest BCUT2D eigenvalue weighted by molar-refractivity contribution is 7.89. The molecular weight excluding hydrogens is 256 g/mol. The van der Waals surface area contributed by atoms with Gasteiger partial charge in [0.1, 0.15) is 0 Å². The van der Waals surface area contributed by atoms with E-state index in [1.807, 2.05) is 12.1 Å². The number of nitrogens with one attached hydrogen (secondary N) is 1. The molecule has 0 atom stereocenters. The number of carboxylic acid groups (broad SMARTS) is 1. The number of rotatable bonds is 7. The van der Waals surface area contributed by atoms with Crippen molar-refractivity contribution in [2.45, 2.75) is 19.5 Å². The van der Waals surface area contributed by atoms with Crippen LogP contribution in [0.3, 0.4) is 0 Å². The van der Waals surface area contributed by atoms with E-state index in [4.69, 9.17) is 10.8 Å². The molecule has 0 heterocycles. The number of benzene rings is 1. The second-order valence-electron chi connectivity index (χ2n) is 3.80. The topological polar surface area (TPSA) is 109 Å². The summed E-state index contributed by atoms with van der Waals surface area (Å²) in [6.45, 7) is 0.581. The van der Waals surface area contributed by atoms with Crippen LogP contribution in [-0.2, 0) is 27.9 Å². The zero-order valence-electron chi connectivity index (χ0n) is 9.80. The first kappa shape index (κ1) is 14.6. The highest BCUT2D eigenvalue weighted by Crippen LogP contribution is 2.04. The molecule has 0 aliphatic rings. The first-order valence-electron chi connectivity index (χ1n) is 5.40. The number of sulfonamides is 1. The smallest absolute Gasteiger partial charge is 0.304 e. The highest BCUT2D eigenvalue weighted by atomic mass is 32.2. The molecule has 0 aromatic heterocycles. The predicted octanol–water partition coefficient (Wildman–Crippen LogP) is 0.0394. The van der Waals surface area contributed by atoms with E-state index in [1.54, 1.807) is 12.1 Å². The summed E-state index contributed by atoms with van der Waals surface area (Å²) in [5, 5.41) is 8.42. The van der Waals surface area contributed by atoms with Crippen molar-refractivity contribution in [3.05, 3.63) is 35.4 Å². The second kappa shape index (κ2) is 6.48. The van der Waals surface area contributed by atoms with Gasteiger partial charge in [-0.1, -0.05) is 24.3 Å². The molecule has 6 nitrogen and oxygen atoms in total. The van der Waals surface area contributed by atoms with Gasteiger partial charge in [0.15, 0.2) is 0 Å². The minimum Gasteiger partial charge on any atom is -0.481 e. The standard InChI is InChI=1S/C11H16N2O4S/c12-7-9-1-3-10(4-2-9)8-13-18(16,17)6-5-11(14)15/h1-4,13H,5-8,12H2,(H,14,15). The maximum absolute atomic E-state index is 11.4. The Bertz CT molecular complexity index is 496. The van der Waals surface area contributed by atoms with Gasteiger partial charge in [0.2, 0.25) is 10.0 Å².